The van der Waals surface area contributed by atoms with Crippen LogP contribution in [0.15, 0.2) is 4.99 Å². The van der Waals surface area contributed by atoms with E-state index < -0.39 is 0 Å². The summed E-state index contributed by atoms with van der Waals surface area (Å²) in [7, 11) is 0. The van der Waals surface area contributed by atoms with Crippen LogP contribution in [0.2, 0.25) is 0 Å². The molecular weight excluding hydrogens is 190 g/mol. The van der Waals surface area contributed by atoms with Crippen molar-refractivity contribution in [3.63, 3.8) is 0 Å². The molecule has 0 aromatic carbocycles. The minimum atomic E-state index is 0.0749. The molecule has 0 aliphatic carbocycles. The van der Waals surface area contributed by atoms with E-state index in [1.807, 2.05) is 6.92 Å². The van der Waals surface area contributed by atoms with E-state index >= 15 is 0 Å². The molecule has 0 bridgehead atoms. The minimum Gasteiger partial charge on any atom is -0.381 e. The van der Waals surface area contributed by atoms with Gasteiger partial charge in [-0.15, -0.1) is 0 Å². The lowest BCUT2D eigenvalue weighted by Gasteiger charge is -2.32. The fourth-order valence-electron chi connectivity index (χ4n) is 1.36. The number of aliphatic imine (C=N–C) groups is 1. The van der Waals surface area contributed by atoms with Crippen LogP contribution in [0.5, 0.6) is 0 Å². The molecule has 0 unspecified atom stereocenters. The Balaban J connectivity index is 2.32. The number of nitrogens with two attached hydrogens (primary N) is 1. The zero-order chi connectivity index (χ0) is 11.3. The van der Waals surface area contributed by atoms with Gasteiger partial charge >= 0.3 is 0 Å². The van der Waals surface area contributed by atoms with Gasteiger partial charge in [0.2, 0.25) is 0 Å². The Morgan fingerprint density at radius 1 is 1.47 bits per heavy atom. The van der Waals surface area contributed by atoms with E-state index in [1.165, 1.54) is 6.42 Å². The smallest absolute Gasteiger partial charge is 0.191 e. The Bertz CT molecular complexity index is 222. The molecule has 1 aliphatic heterocycles. The summed E-state index contributed by atoms with van der Waals surface area (Å²) in [6, 6.07) is 0. The first kappa shape index (κ1) is 12.3. The third kappa shape index (κ3) is 4.08. The molecule has 1 fully saturated rings. The lowest BCUT2D eigenvalue weighted by Crippen LogP contribution is -2.46. The van der Waals surface area contributed by atoms with Crippen molar-refractivity contribution < 1.29 is 4.74 Å². The summed E-state index contributed by atoms with van der Waals surface area (Å²) in [5, 5.41) is 0. The Morgan fingerprint density at radius 3 is 2.60 bits per heavy atom. The predicted octanol–water partition coefficient (Wildman–Crippen LogP) is 1.07. The van der Waals surface area contributed by atoms with Gasteiger partial charge in [0.15, 0.2) is 5.96 Å². The molecule has 1 rings (SSSR count). The van der Waals surface area contributed by atoms with Crippen LogP contribution < -0.4 is 5.73 Å². The van der Waals surface area contributed by atoms with Gasteiger partial charge < -0.3 is 15.4 Å². The Morgan fingerprint density at radius 2 is 2.13 bits per heavy atom. The summed E-state index contributed by atoms with van der Waals surface area (Å²) in [4.78, 5) is 6.52. The largest absolute Gasteiger partial charge is 0.381 e. The summed E-state index contributed by atoms with van der Waals surface area (Å²) >= 11 is 0. The molecule has 0 radical (unpaired) electrons. The Labute approximate surface area is 92.5 Å². The molecule has 88 valence electrons. The highest BCUT2D eigenvalue weighted by atomic mass is 16.5. The number of nitrogens with zero attached hydrogens (tertiary/aromatic N) is 2. The van der Waals surface area contributed by atoms with Crippen molar-refractivity contribution in [3.05, 3.63) is 0 Å². The van der Waals surface area contributed by atoms with Gasteiger partial charge in [0.1, 0.15) is 0 Å². The molecule has 1 heterocycles. The molecule has 1 saturated heterocycles. The normalized spacial score (nSPS) is 17.8. The second kappa shape index (κ2) is 5.35. The zero-order valence-corrected chi connectivity index (χ0v) is 10.1. The van der Waals surface area contributed by atoms with Gasteiger partial charge in [-0.3, -0.25) is 4.99 Å². The highest BCUT2D eigenvalue weighted by Crippen LogP contribution is 2.16. The average Bonchev–Trinajstić information content (AvgIpc) is 2.09. The third-order valence-corrected chi connectivity index (χ3v) is 2.55. The maximum absolute atomic E-state index is 5.85. The van der Waals surface area contributed by atoms with Gasteiger partial charge in [-0.1, -0.05) is 13.8 Å². The van der Waals surface area contributed by atoms with E-state index in [2.05, 4.69) is 23.7 Å². The molecule has 0 saturated carbocycles. The van der Waals surface area contributed by atoms with Crippen LogP contribution in [0.1, 0.15) is 27.2 Å². The zero-order valence-electron chi connectivity index (χ0n) is 10.1. The molecule has 4 heteroatoms. The van der Waals surface area contributed by atoms with Gasteiger partial charge in [0, 0.05) is 25.1 Å². The lowest BCUT2D eigenvalue weighted by atomic mass is 9.95. The summed E-state index contributed by atoms with van der Waals surface area (Å²) in [6.07, 6.45) is 1.23. The second-order valence-corrected chi connectivity index (χ2v) is 4.82. The molecule has 1 aliphatic rings. The van der Waals surface area contributed by atoms with Gasteiger partial charge in [-0.2, -0.15) is 0 Å². The van der Waals surface area contributed by atoms with Crippen LogP contribution in [0.3, 0.4) is 0 Å². The molecular formula is C11H23N3O. The van der Waals surface area contributed by atoms with Crippen LogP contribution in [0.4, 0.5) is 0 Å². The van der Waals surface area contributed by atoms with Crippen molar-refractivity contribution >= 4 is 5.96 Å². The number of likely N-dealkylation sites (tertiary alicyclic amines) is 1. The maximum Gasteiger partial charge on any atom is 0.191 e. The SMILES string of the molecule is CCOCC(C)(C)CN=C(N)N1CCC1. The van der Waals surface area contributed by atoms with Gasteiger partial charge in [-0.25, -0.2) is 0 Å². The van der Waals surface area contributed by atoms with Crippen molar-refractivity contribution in [2.75, 3.05) is 32.8 Å². The van der Waals surface area contributed by atoms with Crippen LogP contribution in [-0.4, -0.2) is 43.7 Å². The minimum absolute atomic E-state index is 0.0749. The first-order chi connectivity index (χ1) is 7.05. The second-order valence-electron chi connectivity index (χ2n) is 4.82. The quantitative estimate of drug-likeness (QED) is 0.549. The fourth-order valence-corrected chi connectivity index (χ4v) is 1.36. The number of hydrogen-bond donors (Lipinski definition) is 1. The van der Waals surface area contributed by atoms with E-state index in [4.69, 9.17) is 10.5 Å². The van der Waals surface area contributed by atoms with E-state index in [1.54, 1.807) is 0 Å². The van der Waals surface area contributed by atoms with Crippen molar-refractivity contribution in [1.29, 1.82) is 0 Å². The lowest BCUT2D eigenvalue weighted by molar-refractivity contribution is 0.0753. The van der Waals surface area contributed by atoms with E-state index in [0.717, 1.165) is 32.8 Å². The highest BCUT2D eigenvalue weighted by molar-refractivity contribution is 5.78. The van der Waals surface area contributed by atoms with E-state index in [9.17, 15) is 0 Å². The molecule has 0 aromatic rings. The number of hydrogen-bond acceptors (Lipinski definition) is 2. The van der Waals surface area contributed by atoms with Crippen molar-refractivity contribution in [1.82, 2.24) is 4.90 Å². The first-order valence-corrected chi connectivity index (χ1v) is 5.68. The third-order valence-electron chi connectivity index (χ3n) is 2.55. The van der Waals surface area contributed by atoms with Crippen molar-refractivity contribution in [2.45, 2.75) is 27.2 Å². The Hall–Kier alpha value is -0.770. The van der Waals surface area contributed by atoms with Gasteiger partial charge in [0.05, 0.1) is 13.2 Å². The summed E-state index contributed by atoms with van der Waals surface area (Å²) < 4.78 is 5.41. The molecule has 0 atom stereocenters. The molecule has 15 heavy (non-hydrogen) atoms. The first-order valence-electron chi connectivity index (χ1n) is 5.68. The molecule has 0 amide bonds. The monoisotopic (exact) mass is 213 g/mol. The highest BCUT2D eigenvalue weighted by Gasteiger charge is 2.20. The van der Waals surface area contributed by atoms with E-state index in [-0.39, 0.29) is 5.41 Å². The van der Waals surface area contributed by atoms with Crippen LogP contribution in [-0.2, 0) is 4.74 Å². The molecule has 0 spiro atoms. The Kier molecular flexibility index (Phi) is 4.39. The van der Waals surface area contributed by atoms with Crippen LogP contribution >= 0.6 is 0 Å². The van der Waals surface area contributed by atoms with Gasteiger partial charge in [-0.05, 0) is 13.3 Å². The standard InChI is InChI=1S/C11H23N3O/c1-4-15-9-11(2,3)8-13-10(12)14-6-5-7-14/h4-9H2,1-3H3,(H2,12,13). The maximum atomic E-state index is 5.85. The number of rotatable bonds is 5. The molecule has 4 nitrogen and oxygen atoms in total. The fraction of sp³-hybridized carbons (Fsp3) is 0.909. The number of guanidine groups is 1. The van der Waals surface area contributed by atoms with Gasteiger partial charge in [0.25, 0.3) is 0 Å². The van der Waals surface area contributed by atoms with Crippen LogP contribution in [0, 0.1) is 5.41 Å². The number of ether oxygens (including phenoxy) is 1. The van der Waals surface area contributed by atoms with E-state index in [0.29, 0.717) is 5.96 Å². The van der Waals surface area contributed by atoms with Crippen molar-refractivity contribution in [2.24, 2.45) is 16.1 Å². The van der Waals surface area contributed by atoms with Crippen LogP contribution in [0.25, 0.3) is 0 Å². The summed E-state index contributed by atoms with van der Waals surface area (Å²) in [5.41, 5.74) is 5.92. The topological polar surface area (TPSA) is 50.9 Å². The van der Waals surface area contributed by atoms with Crippen molar-refractivity contribution in [3.8, 4) is 0 Å². The molecule has 2 N–H and O–H groups in total. The summed E-state index contributed by atoms with van der Waals surface area (Å²) in [6.45, 7) is 10.6. The average molecular weight is 213 g/mol. The molecule has 0 aromatic heterocycles. The predicted molar refractivity (Wildman–Crippen MR) is 63.0 cm³/mol. The summed E-state index contributed by atoms with van der Waals surface area (Å²) in [5.74, 6) is 0.686.